The van der Waals surface area contributed by atoms with E-state index in [1.54, 1.807) is 0 Å². The van der Waals surface area contributed by atoms with E-state index in [0.29, 0.717) is 5.82 Å². The lowest BCUT2D eigenvalue weighted by Crippen LogP contribution is -1.96. The van der Waals surface area contributed by atoms with E-state index in [-0.39, 0.29) is 0 Å². The van der Waals surface area contributed by atoms with Gasteiger partial charge < -0.3 is 0 Å². The summed E-state index contributed by atoms with van der Waals surface area (Å²) in [6.07, 6.45) is 2.05. The van der Waals surface area contributed by atoms with E-state index in [2.05, 4.69) is 108 Å². The molecular formula is C42H27N5. The number of pyridine rings is 2. The molecule has 0 unspecified atom stereocenters. The van der Waals surface area contributed by atoms with Crippen molar-refractivity contribution < 1.29 is 0 Å². The van der Waals surface area contributed by atoms with Gasteiger partial charge >= 0.3 is 0 Å². The van der Waals surface area contributed by atoms with Crippen LogP contribution in [0.4, 0.5) is 0 Å². The number of rotatable bonds is 5. The third kappa shape index (κ3) is 4.82. The minimum Gasteiger partial charge on any atom is -0.298 e. The predicted octanol–water partition coefficient (Wildman–Crippen LogP) is 10.2. The van der Waals surface area contributed by atoms with E-state index in [1.807, 2.05) is 60.7 Å². The van der Waals surface area contributed by atoms with Crippen LogP contribution in [0.5, 0.6) is 0 Å². The second-order valence-corrected chi connectivity index (χ2v) is 11.6. The molecule has 220 valence electrons. The van der Waals surface area contributed by atoms with E-state index < -0.39 is 0 Å². The predicted molar refractivity (Wildman–Crippen MR) is 191 cm³/mol. The molecule has 9 rings (SSSR count). The van der Waals surface area contributed by atoms with Gasteiger partial charge in [0.2, 0.25) is 0 Å². The topological polar surface area (TPSA) is 56.0 Å². The van der Waals surface area contributed by atoms with Gasteiger partial charge in [-0.2, -0.15) is 0 Å². The van der Waals surface area contributed by atoms with E-state index in [9.17, 15) is 0 Å². The molecule has 0 atom stereocenters. The average molecular weight is 602 g/mol. The molecule has 5 nitrogen and oxygen atoms in total. The van der Waals surface area contributed by atoms with Crippen LogP contribution < -0.4 is 0 Å². The van der Waals surface area contributed by atoms with Crippen molar-refractivity contribution in [2.45, 2.75) is 0 Å². The molecule has 0 spiro atoms. The van der Waals surface area contributed by atoms with Crippen LogP contribution in [0.3, 0.4) is 0 Å². The van der Waals surface area contributed by atoms with Crippen molar-refractivity contribution in [2.75, 3.05) is 0 Å². The largest absolute Gasteiger partial charge is 0.298 e. The number of imidazole rings is 1. The van der Waals surface area contributed by atoms with Gasteiger partial charge in [0.15, 0.2) is 5.82 Å². The van der Waals surface area contributed by atoms with Crippen molar-refractivity contribution in [3.63, 3.8) is 0 Å². The highest BCUT2D eigenvalue weighted by Crippen LogP contribution is 2.35. The maximum Gasteiger partial charge on any atom is 0.160 e. The zero-order valence-electron chi connectivity index (χ0n) is 25.3. The summed E-state index contributed by atoms with van der Waals surface area (Å²) < 4.78 is 2.12. The number of benzene rings is 5. The summed E-state index contributed by atoms with van der Waals surface area (Å²) in [6.45, 7) is 0. The molecule has 0 bridgehead atoms. The Bertz CT molecular complexity index is 2540. The van der Waals surface area contributed by atoms with Crippen LogP contribution in [0.15, 0.2) is 164 Å². The van der Waals surface area contributed by atoms with Gasteiger partial charge in [0, 0.05) is 33.8 Å². The molecule has 0 aliphatic carbocycles. The standard InChI is InChI=1S/C42H27N5/c1-3-11-28(12-4-1)29-18-20-31(21-19-29)37-27-36(30-13-5-2-6-14-30)44-42(45-37)33-24-22-32(23-25-33)39-41-40(34-15-7-8-16-35(34)43-39)46-38-17-9-10-26-47(38)41/h1-27H. The first-order chi connectivity index (χ1) is 23.3. The van der Waals surface area contributed by atoms with Crippen LogP contribution >= 0.6 is 0 Å². The zero-order chi connectivity index (χ0) is 31.2. The number of hydrogen-bond acceptors (Lipinski definition) is 4. The maximum atomic E-state index is 5.14. The highest BCUT2D eigenvalue weighted by molar-refractivity contribution is 6.09. The molecule has 0 N–H and O–H groups in total. The zero-order valence-corrected chi connectivity index (χ0v) is 25.3. The molecule has 5 heteroatoms. The SMILES string of the molecule is c1ccc(-c2ccc(-c3cc(-c4ccccc4)nc(-c4ccc(-c5nc6ccccc6c6nc7ccccn7c56)cc4)n3)cc2)cc1. The molecule has 0 radical (unpaired) electrons. The summed E-state index contributed by atoms with van der Waals surface area (Å²) in [5, 5.41) is 1.04. The quantitative estimate of drug-likeness (QED) is 0.197. The first-order valence-electron chi connectivity index (χ1n) is 15.7. The van der Waals surface area contributed by atoms with E-state index >= 15 is 0 Å². The van der Waals surface area contributed by atoms with Crippen molar-refractivity contribution in [1.29, 1.82) is 0 Å². The Hall–Kier alpha value is -6.46. The third-order valence-electron chi connectivity index (χ3n) is 8.65. The van der Waals surface area contributed by atoms with Gasteiger partial charge in [0.1, 0.15) is 11.2 Å². The minimum atomic E-state index is 0.673. The summed E-state index contributed by atoms with van der Waals surface area (Å²) >= 11 is 0. The van der Waals surface area contributed by atoms with Crippen LogP contribution in [0, 0.1) is 0 Å². The number of fused-ring (bicyclic) bond motifs is 5. The molecular weight excluding hydrogens is 574 g/mol. The Kier molecular flexibility index (Phi) is 6.39. The van der Waals surface area contributed by atoms with Crippen LogP contribution in [0.25, 0.3) is 83.9 Å². The third-order valence-corrected chi connectivity index (χ3v) is 8.65. The highest BCUT2D eigenvalue weighted by atomic mass is 15.0. The lowest BCUT2D eigenvalue weighted by molar-refractivity contribution is 1.18. The fraction of sp³-hybridized carbons (Fsp3) is 0. The molecule has 0 fully saturated rings. The van der Waals surface area contributed by atoms with E-state index in [0.717, 1.165) is 66.9 Å². The van der Waals surface area contributed by atoms with Crippen LogP contribution in [-0.4, -0.2) is 24.3 Å². The van der Waals surface area contributed by atoms with Crippen molar-refractivity contribution in [1.82, 2.24) is 24.3 Å². The van der Waals surface area contributed by atoms with Gasteiger partial charge in [-0.3, -0.25) is 4.40 Å². The average Bonchev–Trinajstić information content (AvgIpc) is 3.55. The summed E-state index contributed by atoms with van der Waals surface area (Å²) in [7, 11) is 0. The first kappa shape index (κ1) is 26.9. The van der Waals surface area contributed by atoms with E-state index in [1.165, 1.54) is 11.1 Å². The van der Waals surface area contributed by atoms with Gasteiger partial charge in [0.25, 0.3) is 0 Å². The van der Waals surface area contributed by atoms with Gasteiger partial charge in [-0.05, 0) is 35.4 Å². The second-order valence-electron chi connectivity index (χ2n) is 11.6. The van der Waals surface area contributed by atoms with Crippen LogP contribution in [0.2, 0.25) is 0 Å². The maximum absolute atomic E-state index is 5.14. The fourth-order valence-corrected chi connectivity index (χ4v) is 6.28. The molecule has 5 aromatic carbocycles. The molecule has 9 aromatic rings. The molecule has 0 saturated heterocycles. The summed E-state index contributed by atoms with van der Waals surface area (Å²) in [5.41, 5.74) is 12.8. The van der Waals surface area contributed by atoms with Crippen molar-refractivity contribution >= 4 is 27.6 Å². The van der Waals surface area contributed by atoms with Crippen molar-refractivity contribution in [3.05, 3.63) is 164 Å². The Balaban J connectivity index is 1.16. The number of hydrogen-bond donors (Lipinski definition) is 0. The lowest BCUT2D eigenvalue weighted by Gasteiger charge is -2.11. The van der Waals surface area contributed by atoms with E-state index in [4.69, 9.17) is 19.9 Å². The van der Waals surface area contributed by atoms with Crippen molar-refractivity contribution in [2.24, 2.45) is 0 Å². The Morgan fingerprint density at radius 3 is 1.70 bits per heavy atom. The monoisotopic (exact) mass is 601 g/mol. The second kappa shape index (κ2) is 11.2. The highest BCUT2D eigenvalue weighted by Gasteiger charge is 2.17. The van der Waals surface area contributed by atoms with Crippen molar-refractivity contribution in [3.8, 4) is 56.3 Å². The molecule has 0 amide bonds. The Labute approximate surface area is 271 Å². The number of aromatic nitrogens is 5. The van der Waals surface area contributed by atoms with Crippen LogP contribution in [0.1, 0.15) is 0 Å². The number of nitrogens with zero attached hydrogens (tertiary/aromatic N) is 5. The molecule has 47 heavy (non-hydrogen) atoms. The lowest BCUT2D eigenvalue weighted by atomic mass is 10.0. The minimum absolute atomic E-state index is 0.673. The normalized spacial score (nSPS) is 11.4. The van der Waals surface area contributed by atoms with Crippen LogP contribution in [-0.2, 0) is 0 Å². The molecule has 0 aliphatic heterocycles. The smallest absolute Gasteiger partial charge is 0.160 e. The summed E-state index contributed by atoms with van der Waals surface area (Å²) in [4.78, 5) is 20.3. The van der Waals surface area contributed by atoms with Gasteiger partial charge in [-0.25, -0.2) is 19.9 Å². The van der Waals surface area contributed by atoms with Gasteiger partial charge in [-0.1, -0.05) is 133 Å². The Morgan fingerprint density at radius 2 is 0.957 bits per heavy atom. The van der Waals surface area contributed by atoms with Gasteiger partial charge in [0.05, 0.1) is 28.1 Å². The first-order valence-corrected chi connectivity index (χ1v) is 15.7. The summed E-state index contributed by atoms with van der Waals surface area (Å²) in [6, 6.07) is 54.0. The Morgan fingerprint density at radius 1 is 0.404 bits per heavy atom. The molecule has 4 heterocycles. The number of para-hydroxylation sites is 1. The summed E-state index contributed by atoms with van der Waals surface area (Å²) in [5.74, 6) is 0.673. The molecule has 0 aliphatic rings. The fourth-order valence-electron chi connectivity index (χ4n) is 6.28. The van der Waals surface area contributed by atoms with Gasteiger partial charge in [-0.15, -0.1) is 0 Å². The molecule has 0 saturated carbocycles. The molecule has 4 aromatic heterocycles.